The highest BCUT2D eigenvalue weighted by Gasteiger charge is 2.66. The molecule has 3 fully saturated rings. The number of pyridine rings is 1. The number of hydrogen-bond acceptors (Lipinski definition) is 5. The van der Waals surface area contributed by atoms with Gasteiger partial charge in [0.2, 0.25) is 11.8 Å². The van der Waals surface area contributed by atoms with Crippen LogP contribution in [0.2, 0.25) is 0 Å². The lowest BCUT2D eigenvalue weighted by atomic mass is 9.84. The summed E-state index contributed by atoms with van der Waals surface area (Å²) in [7, 11) is 0. The zero-order valence-electron chi connectivity index (χ0n) is 25.4. The number of rotatable bonds is 10. The molecule has 6 rings (SSSR count). The third-order valence-electron chi connectivity index (χ3n) is 10.0. The molecule has 43 heavy (non-hydrogen) atoms. The number of hydrogen-bond donors (Lipinski definition) is 3. The number of amides is 2. The van der Waals surface area contributed by atoms with Crippen molar-refractivity contribution >= 4 is 17.6 Å². The summed E-state index contributed by atoms with van der Waals surface area (Å²) in [6.45, 7) is 3.53. The van der Waals surface area contributed by atoms with E-state index in [1.54, 1.807) is 6.07 Å². The van der Waals surface area contributed by atoms with Crippen LogP contribution in [-0.4, -0.2) is 39.8 Å². The Morgan fingerprint density at radius 2 is 1.70 bits per heavy atom. The topological polar surface area (TPSA) is 100 Å². The first-order valence-electron chi connectivity index (χ1n) is 16.1. The van der Waals surface area contributed by atoms with Crippen molar-refractivity contribution in [2.75, 3.05) is 12.3 Å². The molecule has 3 aromatic rings. The maximum atomic E-state index is 14.5. The second-order valence-electron chi connectivity index (χ2n) is 12.8. The highest BCUT2D eigenvalue weighted by molar-refractivity contribution is 5.96. The van der Waals surface area contributed by atoms with Gasteiger partial charge in [0.1, 0.15) is 11.4 Å². The number of piperidine rings is 1. The standard InChI is InChI=1S/C36H45N5O2/c1-25-28(18-19-33(37)40-25)23-39-35(43)36-22-30(36)16-10-20-41(36)34(42)32(21-26-11-4-2-5-12-26)38-24-29-15-8-9-17-31(29)27-13-6-3-7-14-27/h3,6-9,13-15,17-19,26,30,32,38H,2,4-5,10-12,16,20-24H2,1H3,(H2,37,40)(H,39,43)/t30-,32-,36+/m1/s1. The maximum Gasteiger partial charge on any atom is 0.246 e. The molecule has 1 aromatic heterocycles. The Morgan fingerprint density at radius 1 is 0.930 bits per heavy atom. The number of benzene rings is 2. The summed E-state index contributed by atoms with van der Waals surface area (Å²) in [5.74, 6) is 1.29. The van der Waals surface area contributed by atoms with Gasteiger partial charge >= 0.3 is 0 Å². The van der Waals surface area contributed by atoms with Gasteiger partial charge in [-0.05, 0) is 72.8 Å². The molecular weight excluding hydrogens is 534 g/mol. The van der Waals surface area contributed by atoms with Gasteiger partial charge in [-0.3, -0.25) is 9.59 Å². The first-order valence-corrected chi connectivity index (χ1v) is 16.1. The fourth-order valence-corrected chi connectivity index (χ4v) is 7.54. The Kier molecular flexibility index (Phi) is 8.80. The summed E-state index contributed by atoms with van der Waals surface area (Å²) in [4.78, 5) is 34.7. The number of aryl methyl sites for hydroxylation is 1. The molecule has 2 heterocycles. The number of carbonyl (C=O) groups excluding carboxylic acids is 2. The Labute approximate surface area is 255 Å². The molecule has 0 radical (unpaired) electrons. The van der Waals surface area contributed by atoms with Gasteiger partial charge < -0.3 is 21.3 Å². The molecule has 0 bridgehead atoms. The molecule has 1 aliphatic heterocycles. The van der Waals surface area contributed by atoms with E-state index < -0.39 is 5.54 Å². The minimum absolute atomic E-state index is 0.0346. The quantitative estimate of drug-likeness (QED) is 0.283. The largest absolute Gasteiger partial charge is 0.384 e. The van der Waals surface area contributed by atoms with Crippen LogP contribution < -0.4 is 16.4 Å². The van der Waals surface area contributed by atoms with Crippen LogP contribution in [0.15, 0.2) is 66.7 Å². The molecule has 2 aliphatic carbocycles. The number of nitrogen functional groups attached to an aromatic ring is 1. The highest BCUT2D eigenvalue weighted by Crippen LogP contribution is 2.54. The van der Waals surface area contributed by atoms with Crippen molar-refractivity contribution in [3.8, 4) is 11.1 Å². The Bertz CT molecular complexity index is 1440. The maximum absolute atomic E-state index is 14.5. The van der Waals surface area contributed by atoms with E-state index in [2.05, 4.69) is 64.1 Å². The predicted octanol–water partition coefficient (Wildman–Crippen LogP) is 5.77. The minimum atomic E-state index is -0.737. The van der Waals surface area contributed by atoms with Crippen molar-refractivity contribution in [2.24, 2.45) is 11.8 Å². The van der Waals surface area contributed by atoms with Crippen LogP contribution in [0.25, 0.3) is 11.1 Å². The van der Waals surface area contributed by atoms with Crippen molar-refractivity contribution in [3.63, 3.8) is 0 Å². The van der Waals surface area contributed by atoms with Gasteiger partial charge in [-0.15, -0.1) is 0 Å². The summed E-state index contributed by atoms with van der Waals surface area (Å²) in [6.07, 6.45) is 9.61. The van der Waals surface area contributed by atoms with Gasteiger partial charge in [-0.2, -0.15) is 0 Å². The van der Waals surface area contributed by atoms with E-state index in [1.807, 2.05) is 24.0 Å². The van der Waals surface area contributed by atoms with E-state index in [-0.39, 0.29) is 23.8 Å². The molecule has 0 spiro atoms. The summed E-state index contributed by atoms with van der Waals surface area (Å²) < 4.78 is 0. The van der Waals surface area contributed by atoms with Crippen LogP contribution in [0.5, 0.6) is 0 Å². The molecule has 2 saturated carbocycles. The first-order chi connectivity index (χ1) is 21.0. The van der Waals surface area contributed by atoms with Crippen LogP contribution in [0, 0.1) is 18.8 Å². The fourth-order valence-electron chi connectivity index (χ4n) is 7.54. The SMILES string of the molecule is Cc1nc(N)ccc1CNC(=O)[C@]12C[C@H]1CCCN2C(=O)[C@@H](CC1CCCCC1)NCc1ccccc1-c1ccccc1. The summed E-state index contributed by atoms with van der Waals surface area (Å²) in [6, 6.07) is 22.2. The molecule has 7 heteroatoms. The highest BCUT2D eigenvalue weighted by atomic mass is 16.2. The Hall–Kier alpha value is -3.71. The minimum Gasteiger partial charge on any atom is -0.384 e. The van der Waals surface area contributed by atoms with E-state index >= 15 is 0 Å². The molecule has 7 nitrogen and oxygen atoms in total. The normalized spacial score (nSPS) is 22.4. The summed E-state index contributed by atoms with van der Waals surface area (Å²) >= 11 is 0. The molecule has 226 valence electrons. The van der Waals surface area contributed by atoms with Gasteiger partial charge in [0, 0.05) is 25.3 Å². The second-order valence-corrected chi connectivity index (χ2v) is 12.8. The van der Waals surface area contributed by atoms with Crippen LogP contribution in [0.3, 0.4) is 0 Å². The molecule has 4 N–H and O–H groups in total. The zero-order chi connectivity index (χ0) is 29.8. The number of likely N-dealkylation sites (tertiary alicyclic amines) is 1. The van der Waals surface area contributed by atoms with Crippen molar-refractivity contribution in [1.82, 2.24) is 20.5 Å². The van der Waals surface area contributed by atoms with Gasteiger partial charge in [-0.1, -0.05) is 92.8 Å². The van der Waals surface area contributed by atoms with E-state index in [0.29, 0.717) is 31.4 Å². The number of aromatic nitrogens is 1. The number of anilines is 1. The molecule has 0 unspecified atom stereocenters. The van der Waals surface area contributed by atoms with Crippen molar-refractivity contribution < 1.29 is 9.59 Å². The monoisotopic (exact) mass is 579 g/mol. The summed E-state index contributed by atoms with van der Waals surface area (Å²) in [5, 5.41) is 6.88. The lowest BCUT2D eigenvalue weighted by Crippen LogP contribution is -2.59. The number of nitrogens with two attached hydrogens (primary N) is 1. The van der Waals surface area contributed by atoms with E-state index in [0.717, 1.165) is 36.9 Å². The Morgan fingerprint density at radius 3 is 2.49 bits per heavy atom. The molecule has 1 saturated heterocycles. The molecule has 2 amide bonds. The van der Waals surface area contributed by atoms with E-state index in [9.17, 15) is 9.59 Å². The van der Waals surface area contributed by atoms with Gasteiger partial charge in [0.15, 0.2) is 0 Å². The molecular formula is C36H45N5O2. The number of nitrogens with zero attached hydrogens (tertiary/aromatic N) is 2. The third kappa shape index (κ3) is 6.32. The van der Waals surface area contributed by atoms with Crippen molar-refractivity contribution in [2.45, 2.75) is 89.4 Å². The average Bonchev–Trinajstić information content (AvgIpc) is 3.80. The van der Waals surface area contributed by atoms with Gasteiger partial charge in [-0.25, -0.2) is 4.98 Å². The van der Waals surface area contributed by atoms with Crippen molar-refractivity contribution in [3.05, 3.63) is 83.6 Å². The fraction of sp³-hybridized carbons (Fsp3) is 0.472. The predicted molar refractivity (Wildman–Crippen MR) is 171 cm³/mol. The Balaban J connectivity index is 1.21. The molecule has 2 aromatic carbocycles. The number of carbonyl (C=O) groups is 2. The van der Waals surface area contributed by atoms with Crippen LogP contribution in [0.1, 0.15) is 74.6 Å². The zero-order valence-corrected chi connectivity index (χ0v) is 25.4. The number of nitrogens with one attached hydrogen (secondary N) is 2. The lowest BCUT2D eigenvalue weighted by Gasteiger charge is -2.39. The first kappa shape index (κ1) is 29.4. The van der Waals surface area contributed by atoms with Crippen LogP contribution in [0.4, 0.5) is 5.82 Å². The number of fused-ring (bicyclic) bond motifs is 1. The van der Waals surface area contributed by atoms with Gasteiger partial charge in [0.05, 0.1) is 6.04 Å². The lowest BCUT2D eigenvalue weighted by molar-refractivity contribution is -0.146. The second kappa shape index (κ2) is 12.9. The summed E-state index contributed by atoms with van der Waals surface area (Å²) in [5.41, 5.74) is 10.4. The average molecular weight is 580 g/mol. The van der Waals surface area contributed by atoms with Crippen molar-refractivity contribution in [1.29, 1.82) is 0 Å². The molecule has 3 atom stereocenters. The van der Waals surface area contributed by atoms with Crippen LogP contribution in [-0.2, 0) is 22.7 Å². The van der Waals surface area contributed by atoms with Gasteiger partial charge in [0.25, 0.3) is 0 Å². The smallest absolute Gasteiger partial charge is 0.246 e. The van der Waals surface area contributed by atoms with E-state index in [4.69, 9.17) is 5.73 Å². The van der Waals surface area contributed by atoms with E-state index in [1.165, 1.54) is 48.8 Å². The molecule has 3 aliphatic rings. The third-order valence-corrected chi connectivity index (χ3v) is 10.0. The van der Waals surface area contributed by atoms with Crippen LogP contribution >= 0.6 is 0 Å².